The lowest BCUT2D eigenvalue weighted by Gasteiger charge is -2.34. The minimum Gasteiger partial charge on any atom is -0.310 e. The quantitative estimate of drug-likeness (QED) is 0.131. The molecule has 67 heavy (non-hydrogen) atoms. The van der Waals surface area contributed by atoms with Gasteiger partial charge in [0, 0.05) is 33.4 Å². The molecule has 0 unspecified atom stereocenters. The molecule has 0 bridgehead atoms. The predicted molar refractivity (Wildman–Crippen MR) is 282 cm³/mol. The Morgan fingerprint density at radius 2 is 1.15 bits per heavy atom. The molecule has 2 aliphatic rings. The second-order valence-corrected chi connectivity index (χ2v) is 18.6. The molecule has 10 aromatic rings. The Balaban J connectivity index is 1.17. The molecule has 1 aromatic heterocycles. The molecule has 0 spiro atoms. The van der Waals surface area contributed by atoms with Crippen LogP contribution in [0.1, 0.15) is 53.6 Å². The second-order valence-electron chi connectivity index (χ2n) is 18.6. The van der Waals surface area contributed by atoms with E-state index in [1.165, 1.54) is 77.5 Å². The molecule has 0 N–H and O–H groups in total. The zero-order valence-electron chi connectivity index (χ0n) is 37.9. The molecule has 0 aliphatic heterocycles. The maximum absolute atomic E-state index is 4.58. The molecule has 1 heterocycles. The van der Waals surface area contributed by atoms with Crippen LogP contribution in [0.3, 0.4) is 0 Å². The summed E-state index contributed by atoms with van der Waals surface area (Å²) in [5, 5.41) is 2.44. The van der Waals surface area contributed by atoms with Gasteiger partial charge in [-0.15, -0.1) is 0 Å². The van der Waals surface area contributed by atoms with Gasteiger partial charge in [0.1, 0.15) is 0 Å². The number of benzene rings is 9. The first-order chi connectivity index (χ1) is 33.0. The Bertz CT molecular complexity index is 3530. The predicted octanol–water partition coefficient (Wildman–Crippen LogP) is 16.8. The molecule has 0 saturated carbocycles. The van der Waals surface area contributed by atoms with E-state index in [4.69, 9.17) is 0 Å². The second kappa shape index (κ2) is 16.0. The Morgan fingerprint density at radius 1 is 0.522 bits per heavy atom. The number of para-hydroxylation sites is 2. The van der Waals surface area contributed by atoms with E-state index in [0.29, 0.717) is 0 Å². The van der Waals surface area contributed by atoms with Crippen LogP contribution in [0.15, 0.2) is 255 Å². The normalized spacial score (nSPS) is 15.1. The summed E-state index contributed by atoms with van der Waals surface area (Å²) in [5.41, 5.74) is 19.9. The maximum atomic E-state index is 4.58. The maximum Gasteiger partial charge on any atom is 0.0714 e. The van der Waals surface area contributed by atoms with E-state index in [1.54, 1.807) is 0 Å². The summed E-state index contributed by atoms with van der Waals surface area (Å²) in [6.07, 6.45) is 7.64. The summed E-state index contributed by atoms with van der Waals surface area (Å²) in [7, 11) is 0. The monoisotopic (exact) mass is 858 g/mol. The number of aromatic nitrogens is 1. The van der Waals surface area contributed by atoms with Crippen molar-refractivity contribution in [1.82, 2.24) is 4.57 Å². The highest BCUT2D eigenvalue weighted by Crippen LogP contribution is 2.60. The van der Waals surface area contributed by atoms with Crippen LogP contribution in [-0.4, -0.2) is 4.57 Å². The van der Waals surface area contributed by atoms with Crippen molar-refractivity contribution in [3.63, 3.8) is 0 Å². The third kappa shape index (κ3) is 6.39. The Kier molecular flexibility index (Phi) is 9.66. The summed E-state index contributed by atoms with van der Waals surface area (Å²) in [6.45, 7) is 9.29. The minimum atomic E-state index is -0.609. The summed E-state index contributed by atoms with van der Waals surface area (Å²) in [6, 6.07) is 82.5. The van der Waals surface area contributed by atoms with Gasteiger partial charge in [0.15, 0.2) is 0 Å². The van der Waals surface area contributed by atoms with E-state index in [1.807, 2.05) is 6.08 Å². The third-order valence-electron chi connectivity index (χ3n) is 14.4. The first kappa shape index (κ1) is 40.3. The standard InChI is InChI=1S/C65H50N2/c1-4-50(38-36-47-44-64(2,3)57-32-19-17-30-53(47)57)66(52-39-41-55-54-31-18-20-34-60(54)67(62(55)43-52)51-28-15-8-16-29-51)61-35-21-33-58-63(61)56-40-37-46(45-22-9-5-10-23-45)42-59(56)65(58,48-24-11-6-12-25-48)49-26-13-7-14-27-49/h4-43H,1,44H2,2-3H3/b47-36+,50-38+. The van der Waals surface area contributed by atoms with Crippen molar-refractivity contribution in [3.05, 3.63) is 288 Å². The van der Waals surface area contributed by atoms with E-state index in [2.05, 4.69) is 267 Å². The smallest absolute Gasteiger partial charge is 0.0714 e. The number of allylic oxidation sites excluding steroid dienone is 4. The number of anilines is 2. The van der Waals surface area contributed by atoms with Crippen molar-refractivity contribution in [2.24, 2.45) is 0 Å². The fourth-order valence-electron chi connectivity index (χ4n) is 11.5. The topological polar surface area (TPSA) is 8.17 Å². The van der Waals surface area contributed by atoms with Gasteiger partial charge >= 0.3 is 0 Å². The molecule has 0 saturated heterocycles. The van der Waals surface area contributed by atoms with Crippen LogP contribution in [0.25, 0.3) is 55.3 Å². The highest BCUT2D eigenvalue weighted by atomic mass is 15.2. The van der Waals surface area contributed by atoms with Crippen molar-refractivity contribution < 1.29 is 0 Å². The first-order valence-corrected chi connectivity index (χ1v) is 23.4. The number of hydrogen-bond donors (Lipinski definition) is 0. The third-order valence-corrected chi connectivity index (χ3v) is 14.4. The van der Waals surface area contributed by atoms with Gasteiger partial charge in [0.2, 0.25) is 0 Å². The van der Waals surface area contributed by atoms with Crippen LogP contribution >= 0.6 is 0 Å². The fraction of sp³-hybridized carbons (Fsp3) is 0.0769. The number of rotatable bonds is 9. The molecule has 12 rings (SSSR count). The molecule has 320 valence electrons. The van der Waals surface area contributed by atoms with Crippen molar-refractivity contribution in [1.29, 1.82) is 0 Å². The first-order valence-electron chi connectivity index (χ1n) is 23.4. The molecule has 2 nitrogen and oxygen atoms in total. The molecule has 2 aliphatic carbocycles. The Morgan fingerprint density at radius 3 is 1.88 bits per heavy atom. The minimum absolute atomic E-state index is 0.0426. The molecule has 9 aromatic carbocycles. The molecule has 0 amide bonds. The number of hydrogen-bond acceptors (Lipinski definition) is 1. The molecule has 0 radical (unpaired) electrons. The van der Waals surface area contributed by atoms with Gasteiger partial charge < -0.3 is 9.47 Å². The SMILES string of the molecule is C=C/C(=C\C=C1/CC(C)(C)c2ccccc21)N(c1ccc2c3ccccc3n(-c3ccccc3)c2c1)c1cccc2c1-c1ccc(-c3ccccc3)cc1C2(c1ccccc1)c1ccccc1. The van der Waals surface area contributed by atoms with Crippen LogP contribution in [0.5, 0.6) is 0 Å². The zero-order valence-corrected chi connectivity index (χ0v) is 37.9. The Labute approximate surface area is 393 Å². The largest absolute Gasteiger partial charge is 0.310 e. The van der Waals surface area contributed by atoms with Gasteiger partial charge in [0.25, 0.3) is 0 Å². The fourth-order valence-corrected chi connectivity index (χ4v) is 11.5. The van der Waals surface area contributed by atoms with E-state index < -0.39 is 5.41 Å². The van der Waals surface area contributed by atoms with Gasteiger partial charge in [-0.3, -0.25) is 0 Å². The van der Waals surface area contributed by atoms with Crippen LogP contribution in [0.2, 0.25) is 0 Å². The van der Waals surface area contributed by atoms with E-state index >= 15 is 0 Å². The highest BCUT2D eigenvalue weighted by molar-refractivity contribution is 6.10. The van der Waals surface area contributed by atoms with E-state index in [-0.39, 0.29) is 5.41 Å². The molecular weight excluding hydrogens is 809 g/mol. The molecule has 0 atom stereocenters. The van der Waals surface area contributed by atoms with Crippen LogP contribution < -0.4 is 4.90 Å². The van der Waals surface area contributed by atoms with Crippen LogP contribution in [0.4, 0.5) is 11.4 Å². The van der Waals surface area contributed by atoms with Crippen molar-refractivity contribution >= 4 is 38.8 Å². The van der Waals surface area contributed by atoms with E-state index in [9.17, 15) is 0 Å². The van der Waals surface area contributed by atoms with Crippen molar-refractivity contribution in [2.45, 2.75) is 31.1 Å². The average molecular weight is 859 g/mol. The average Bonchev–Trinajstić information content (AvgIpc) is 3.98. The lowest BCUT2D eigenvalue weighted by molar-refractivity contribution is 0.563. The van der Waals surface area contributed by atoms with Gasteiger partial charge in [-0.05, 0) is 122 Å². The Hall–Kier alpha value is -8.20. The van der Waals surface area contributed by atoms with Gasteiger partial charge in [-0.2, -0.15) is 0 Å². The van der Waals surface area contributed by atoms with Crippen molar-refractivity contribution in [3.8, 4) is 27.9 Å². The summed E-state index contributed by atoms with van der Waals surface area (Å²) in [5.74, 6) is 0. The summed E-state index contributed by atoms with van der Waals surface area (Å²) in [4.78, 5) is 2.46. The van der Waals surface area contributed by atoms with Crippen LogP contribution in [-0.2, 0) is 10.8 Å². The zero-order chi connectivity index (χ0) is 45.1. The molecular formula is C65H50N2. The highest BCUT2D eigenvalue weighted by Gasteiger charge is 2.47. The van der Waals surface area contributed by atoms with Gasteiger partial charge in [0.05, 0.1) is 22.1 Å². The number of nitrogens with zero attached hydrogens (tertiary/aromatic N) is 2. The summed E-state index contributed by atoms with van der Waals surface area (Å²) >= 11 is 0. The van der Waals surface area contributed by atoms with Gasteiger partial charge in [-0.25, -0.2) is 0 Å². The van der Waals surface area contributed by atoms with Gasteiger partial charge in [-0.1, -0.05) is 208 Å². The lowest BCUT2D eigenvalue weighted by atomic mass is 9.67. The van der Waals surface area contributed by atoms with Crippen molar-refractivity contribution in [2.75, 3.05) is 4.90 Å². The molecule has 2 heteroatoms. The summed E-state index contributed by atoms with van der Waals surface area (Å²) < 4.78 is 2.41. The lowest BCUT2D eigenvalue weighted by Crippen LogP contribution is -2.28. The van der Waals surface area contributed by atoms with Crippen LogP contribution in [0, 0.1) is 0 Å². The number of fused-ring (bicyclic) bond motifs is 7. The molecule has 0 fully saturated rings. The van der Waals surface area contributed by atoms with E-state index in [0.717, 1.165) is 34.7 Å².